The Morgan fingerprint density at radius 2 is 1.68 bits per heavy atom. The molecule has 0 atom stereocenters. The molecule has 8 nitrogen and oxygen atoms in total. The number of hydrogen-bond donors (Lipinski definition) is 2. The molecule has 9 heteroatoms. The molecule has 2 aliphatic rings. The van der Waals surface area contributed by atoms with E-state index in [9.17, 15) is 18.0 Å². The van der Waals surface area contributed by atoms with Crippen molar-refractivity contribution in [3.05, 3.63) is 37.9 Å². The van der Waals surface area contributed by atoms with Gasteiger partial charge in [-0.3, -0.25) is 9.59 Å². The van der Waals surface area contributed by atoms with Crippen LogP contribution in [0.1, 0.15) is 24.0 Å². The average Bonchev–Trinajstić information content (AvgIpc) is 3.10. The highest BCUT2D eigenvalue weighted by atomic mass is 32.2. The fourth-order valence-electron chi connectivity index (χ4n) is 3.74. The Labute approximate surface area is 144 Å². The van der Waals surface area contributed by atoms with Crippen LogP contribution in [0.15, 0.2) is 20.6 Å². The van der Waals surface area contributed by atoms with Crippen LogP contribution >= 0.6 is 0 Å². The second-order valence-electron chi connectivity index (χ2n) is 6.76. The molecule has 2 aliphatic heterocycles. The van der Waals surface area contributed by atoms with Crippen LogP contribution in [0.5, 0.6) is 0 Å². The van der Waals surface area contributed by atoms with Gasteiger partial charge in [-0.15, -0.1) is 0 Å². The fourth-order valence-corrected chi connectivity index (χ4v) is 5.52. The van der Waals surface area contributed by atoms with Crippen LogP contribution < -0.4 is 11.1 Å². The summed E-state index contributed by atoms with van der Waals surface area (Å²) in [7, 11) is -1.69. The highest BCUT2D eigenvalue weighted by Gasteiger charge is 2.32. The highest BCUT2D eigenvalue weighted by molar-refractivity contribution is 7.89. The molecule has 1 saturated heterocycles. The van der Waals surface area contributed by atoms with Gasteiger partial charge in [-0.25, -0.2) is 8.42 Å². The lowest BCUT2D eigenvalue weighted by Gasteiger charge is -2.29. The number of benzene rings is 1. The number of aromatic amines is 2. The Hall–Kier alpha value is -1.97. The van der Waals surface area contributed by atoms with E-state index in [1.807, 2.05) is 7.05 Å². The van der Waals surface area contributed by atoms with E-state index >= 15 is 0 Å². The van der Waals surface area contributed by atoms with Gasteiger partial charge in [0.25, 0.3) is 0 Å². The molecule has 2 N–H and O–H groups in total. The summed E-state index contributed by atoms with van der Waals surface area (Å²) < 4.78 is 27.8. The zero-order chi connectivity index (χ0) is 17.8. The third-order valence-electron chi connectivity index (χ3n) is 5.06. The van der Waals surface area contributed by atoms with Gasteiger partial charge in [0, 0.05) is 26.2 Å². The van der Waals surface area contributed by atoms with Gasteiger partial charge in [-0.2, -0.15) is 4.31 Å². The van der Waals surface area contributed by atoms with Crippen molar-refractivity contribution in [1.29, 1.82) is 0 Å². The van der Waals surface area contributed by atoms with E-state index in [0.29, 0.717) is 37.1 Å². The predicted molar refractivity (Wildman–Crippen MR) is 93.2 cm³/mol. The number of H-pyrrole nitrogens is 2. The molecule has 0 spiro atoms. The largest absolute Gasteiger partial charge is 0.316 e. The lowest BCUT2D eigenvalue weighted by Crippen LogP contribution is -2.34. The van der Waals surface area contributed by atoms with Crippen LogP contribution in [0.25, 0.3) is 11.0 Å². The zero-order valence-electron chi connectivity index (χ0n) is 14.0. The molecule has 0 saturated carbocycles. The first kappa shape index (κ1) is 16.5. The molecule has 4 rings (SSSR count). The Morgan fingerprint density at radius 3 is 2.40 bits per heavy atom. The maximum absolute atomic E-state index is 13.2. The normalized spacial score (nSPS) is 19.4. The maximum atomic E-state index is 13.2. The molecule has 0 radical (unpaired) electrons. The third-order valence-corrected chi connectivity index (χ3v) is 7.02. The van der Waals surface area contributed by atoms with E-state index in [1.165, 1.54) is 10.4 Å². The number of fused-ring (bicyclic) bond motifs is 3. The minimum Gasteiger partial charge on any atom is -0.316 e. The average molecular weight is 364 g/mol. The van der Waals surface area contributed by atoms with Crippen molar-refractivity contribution in [3.8, 4) is 0 Å². The molecule has 1 fully saturated rings. The van der Waals surface area contributed by atoms with Crippen LogP contribution in [-0.2, 0) is 23.0 Å². The summed E-state index contributed by atoms with van der Waals surface area (Å²) in [6.45, 7) is 2.30. The fraction of sp³-hybridized carbons (Fsp3) is 0.500. The smallest absolute Gasteiger partial charge is 0.314 e. The van der Waals surface area contributed by atoms with Gasteiger partial charge in [-0.1, -0.05) is 0 Å². The summed E-state index contributed by atoms with van der Waals surface area (Å²) in [5, 5.41) is 0. The van der Waals surface area contributed by atoms with Crippen molar-refractivity contribution < 1.29 is 8.42 Å². The Bertz CT molecular complexity index is 1060. The first-order chi connectivity index (χ1) is 11.9. The van der Waals surface area contributed by atoms with Crippen LogP contribution in [0, 0.1) is 0 Å². The summed E-state index contributed by atoms with van der Waals surface area (Å²) in [5.41, 5.74) is 0.935. The second kappa shape index (κ2) is 5.79. The summed E-state index contributed by atoms with van der Waals surface area (Å²) in [5.74, 6) is 0. The van der Waals surface area contributed by atoms with Gasteiger partial charge in [0.05, 0.1) is 15.9 Å². The number of nitrogens with zero attached hydrogens (tertiary/aromatic N) is 2. The molecule has 0 amide bonds. The molecular weight excluding hydrogens is 344 g/mol. The molecule has 0 aliphatic carbocycles. The standard InChI is InChI=1S/C16H20N4O4S/c1-19-7-4-10-11(9-19)13(25(23,24)20-5-2-3-6-20)8-12-14(10)18-16(22)15(21)17-12/h8H,2-7,9H2,1H3,(H,17,21)(H,18,22). The zero-order valence-corrected chi connectivity index (χ0v) is 14.8. The van der Waals surface area contributed by atoms with E-state index in [-0.39, 0.29) is 4.90 Å². The molecule has 1 aromatic heterocycles. The van der Waals surface area contributed by atoms with Crippen molar-refractivity contribution in [2.75, 3.05) is 26.7 Å². The van der Waals surface area contributed by atoms with E-state index < -0.39 is 21.1 Å². The molecule has 25 heavy (non-hydrogen) atoms. The van der Waals surface area contributed by atoms with Gasteiger partial charge in [0.1, 0.15) is 0 Å². The predicted octanol–water partition coefficient (Wildman–Crippen LogP) is -0.0112. The van der Waals surface area contributed by atoms with Gasteiger partial charge >= 0.3 is 11.1 Å². The van der Waals surface area contributed by atoms with E-state index in [0.717, 1.165) is 30.5 Å². The Balaban J connectivity index is 2.04. The minimum absolute atomic E-state index is 0.242. The Morgan fingerprint density at radius 1 is 1.00 bits per heavy atom. The molecule has 0 bridgehead atoms. The van der Waals surface area contributed by atoms with E-state index in [4.69, 9.17) is 0 Å². The van der Waals surface area contributed by atoms with Gasteiger partial charge in [0.15, 0.2) is 0 Å². The molecule has 2 aromatic rings. The monoisotopic (exact) mass is 364 g/mol. The van der Waals surface area contributed by atoms with Crippen molar-refractivity contribution in [3.63, 3.8) is 0 Å². The Kier molecular flexibility index (Phi) is 3.82. The number of aromatic nitrogens is 2. The molecule has 3 heterocycles. The van der Waals surface area contributed by atoms with Crippen molar-refractivity contribution in [2.24, 2.45) is 0 Å². The van der Waals surface area contributed by atoms with Crippen LogP contribution in [0.4, 0.5) is 0 Å². The molecular formula is C16H20N4O4S. The van der Waals surface area contributed by atoms with E-state index in [1.54, 1.807) is 0 Å². The number of nitrogens with one attached hydrogen (secondary N) is 2. The summed E-state index contributed by atoms with van der Waals surface area (Å²) in [4.78, 5) is 30.9. The van der Waals surface area contributed by atoms with Crippen molar-refractivity contribution in [2.45, 2.75) is 30.7 Å². The van der Waals surface area contributed by atoms with Gasteiger partial charge in [-0.05, 0) is 43.5 Å². The lowest BCUT2D eigenvalue weighted by molar-refractivity contribution is 0.309. The third kappa shape index (κ3) is 2.62. The number of sulfonamides is 1. The molecule has 134 valence electrons. The highest BCUT2D eigenvalue weighted by Crippen LogP contribution is 2.33. The minimum atomic E-state index is -3.63. The van der Waals surface area contributed by atoms with Gasteiger partial charge in [0.2, 0.25) is 10.0 Å². The van der Waals surface area contributed by atoms with Crippen LogP contribution in [-0.4, -0.2) is 54.3 Å². The second-order valence-corrected chi connectivity index (χ2v) is 8.67. The van der Waals surface area contributed by atoms with Crippen molar-refractivity contribution in [1.82, 2.24) is 19.2 Å². The van der Waals surface area contributed by atoms with Crippen LogP contribution in [0.3, 0.4) is 0 Å². The first-order valence-electron chi connectivity index (χ1n) is 8.37. The number of likely N-dealkylation sites (N-methyl/N-ethyl adjacent to an activating group) is 1. The van der Waals surface area contributed by atoms with E-state index in [2.05, 4.69) is 14.9 Å². The molecule has 0 unspecified atom stereocenters. The lowest BCUT2D eigenvalue weighted by atomic mass is 9.98. The number of rotatable bonds is 2. The summed E-state index contributed by atoms with van der Waals surface area (Å²) in [6.07, 6.45) is 2.34. The topological polar surface area (TPSA) is 106 Å². The molecule has 1 aromatic carbocycles. The first-order valence-corrected chi connectivity index (χ1v) is 9.81. The van der Waals surface area contributed by atoms with Crippen molar-refractivity contribution >= 4 is 21.1 Å². The summed E-state index contributed by atoms with van der Waals surface area (Å²) >= 11 is 0. The van der Waals surface area contributed by atoms with Crippen LogP contribution in [0.2, 0.25) is 0 Å². The SMILES string of the molecule is CN1CCc2c(c(S(=O)(=O)N3CCCC3)cc3[nH]c(=O)c(=O)[nH]c23)C1. The quantitative estimate of drug-likeness (QED) is 0.729. The number of hydrogen-bond acceptors (Lipinski definition) is 5. The maximum Gasteiger partial charge on any atom is 0.314 e. The summed E-state index contributed by atoms with van der Waals surface area (Å²) in [6, 6.07) is 1.50. The van der Waals surface area contributed by atoms with Gasteiger partial charge < -0.3 is 14.9 Å².